The number of amides is 2. The molecule has 0 unspecified atom stereocenters. The Morgan fingerprint density at radius 1 is 0.395 bits per heavy atom. The first-order valence-corrected chi connectivity index (χ1v) is 11.6. The maximum atomic E-state index is 13.8. The monoisotopic (exact) mass is 500 g/mol. The fourth-order valence-corrected chi connectivity index (χ4v) is 5.26. The fraction of sp³-hybridized carbons (Fsp3) is 0. The van der Waals surface area contributed by atoms with Crippen LogP contribution in [0.5, 0.6) is 0 Å². The average Bonchev–Trinajstić information content (AvgIpc) is 2.94. The molecule has 0 saturated carbocycles. The standard InChI is InChI=1S/C30H16N2O6/c33-13-31-21-11-9-15(23-25(21)29(37)19-7-3-1-5-17(19)27(23)35)16-10-12-22(32-14-34)26-24(16)28(36)18-6-2-4-8-20(18)30(26)38/h1-14H,(H,31,33)(H,32,34). The first kappa shape index (κ1) is 22.9. The molecule has 0 saturated heterocycles. The third kappa shape index (κ3) is 3.10. The van der Waals surface area contributed by atoms with E-state index in [0.29, 0.717) is 12.8 Å². The molecule has 182 valence electrons. The molecule has 4 aromatic carbocycles. The summed E-state index contributed by atoms with van der Waals surface area (Å²) in [5, 5.41) is 4.98. The summed E-state index contributed by atoms with van der Waals surface area (Å²) in [6, 6.07) is 18.8. The van der Waals surface area contributed by atoms with E-state index in [-0.39, 0.29) is 67.0 Å². The van der Waals surface area contributed by atoms with Crippen molar-refractivity contribution in [1.82, 2.24) is 0 Å². The van der Waals surface area contributed by atoms with E-state index in [0.717, 1.165) is 0 Å². The van der Waals surface area contributed by atoms with Gasteiger partial charge in [0, 0.05) is 33.4 Å². The molecule has 4 aromatic rings. The third-order valence-corrected chi connectivity index (χ3v) is 6.87. The lowest BCUT2D eigenvalue weighted by Crippen LogP contribution is -2.25. The summed E-state index contributed by atoms with van der Waals surface area (Å²) in [5.74, 6) is -1.83. The van der Waals surface area contributed by atoms with Crippen LogP contribution in [0.1, 0.15) is 63.7 Å². The molecule has 6 rings (SSSR count). The van der Waals surface area contributed by atoms with Crippen molar-refractivity contribution in [3.8, 4) is 11.1 Å². The highest BCUT2D eigenvalue weighted by atomic mass is 16.2. The molecule has 2 aliphatic carbocycles. The zero-order chi connectivity index (χ0) is 26.6. The van der Waals surface area contributed by atoms with E-state index >= 15 is 0 Å². The van der Waals surface area contributed by atoms with E-state index in [9.17, 15) is 28.8 Å². The first-order chi connectivity index (χ1) is 18.5. The molecule has 2 amide bonds. The van der Waals surface area contributed by atoms with Gasteiger partial charge in [-0.2, -0.15) is 0 Å². The van der Waals surface area contributed by atoms with Gasteiger partial charge >= 0.3 is 0 Å². The van der Waals surface area contributed by atoms with Crippen LogP contribution in [0.2, 0.25) is 0 Å². The smallest absolute Gasteiger partial charge is 0.211 e. The Balaban J connectivity index is 1.69. The molecule has 0 spiro atoms. The number of rotatable bonds is 5. The minimum absolute atomic E-state index is 0.00266. The fourth-order valence-electron chi connectivity index (χ4n) is 5.26. The lowest BCUT2D eigenvalue weighted by Gasteiger charge is -2.26. The molecule has 0 fully saturated rings. The molecule has 0 bridgehead atoms. The number of nitrogens with one attached hydrogen (secondary N) is 2. The van der Waals surface area contributed by atoms with Gasteiger partial charge in [-0.25, -0.2) is 0 Å². The largest absolute Gasteiger partial charge is 0.328 e. The second kappa shape index (κ2) is 8.56. The highest BCUT2D eigenvalue weighted by Gasteiger charge is 2.38. The maximum absolute atomic E-state index is 13.8. The molecule has 2 aliphatic rings. The van der Waals surface area contributed by atoms with Gasteiger partial charge in [-0.15, -0.1) is 0 Å². The number of anilines is 2. The van der Waals surface area contributed by atoms with Crippen LogP contribution in [-0.4, -0.2) is 36.0 Å². The molecule has 0 radical (unpaired) electrons. The Morgan fingerprint density at radius 2 is 0.711 bits per heavy atom. The molecule has 2 N–H and O–H groups in total. The highest BCUT2D eigenvalue weighted by molar-refractivity contribution is 6.35. The number of carbonyl (C=O) groups excluding carboxylic acids is 6. The molecule has 0 aliphatic heterocycles. The summed E-state index contributed by atoms with van der Waals surface area (Å²) in [6.07, 6.45) is 0.822. The summed E-state index contributed by atoms with van der Waals surface area (Å²) in [7, 11) is 0. The van der Waals surface area contributed by atoms with Crippen molar-refractivity contribution in [2.45, 2.75) is 0 Å². The highest BCUT2D eigenvalue weighted by Crippen LogP contribution is 2.43. The Morgan fingerprint density at radius 3 is 1.03 bits per heavy atom. The van der Waals surface area contributed by atoms with Gasteiger partial charge in [-0.3, -0.25) is 28.8 Å². The van der Waals surface area contributed by atoms with Gasteiger partial charge < -0.3 is 10.6 Å². The van der Waals surface area contributed by atoms with E-state index in [1.807, 2.05) is 0 Å². The van der Waals surface area contributed by atoms with Crippen LogP contribution in [0.4, 0.5) is 11.4 Å². The predicted octanol–water partition coefficient (Wildman–Crippen LogP) is 4.04. The quantitative estimate of drug-likeness (QED) is 0.344. The van der Waals surface area contributed by atoms with E-state index < -0.39 is 23.1 Å². The van der Waals surface area contributed by atoms with Crippen LogP contribution in [0, 0.1) is 0 Å². The van der Waals surface area contributed by atoms with Crippen LogP contribution in [0.15, 0.2) is 72.8 Å². The molecular weight excluding hydrogens is 484 g/mol. The van der Waals surface area contributed by atoms with Crippen LogP contribution < -0.4 is 10.6 Å². The average molecular weight is 500 g/mol. The summed E-state index contributed by atoms with van der Waals surface area (Å²) in [5.41, 5.74) is 1.58. The molecule has 8 heteroatoms. The van der Waals surface area contributed by atoms with Crippen LogP contribution in [0.3, 0.4) is 0 Å². The van der Waals surface area contributed by atoms with Crippen molar-refractivity contribution in [2.75, 3.05) is 10.6 Å². The van der Waals surface area contributed by atoms with Crippen molar-refractivity contribution < 1.29 is 28.8 Å². The number of carbonyl (C=O) groups is 6. The molecular formula is C30H16N2O6. The minimum atomic E-state index is -0.460. The second-order valence-electron chi connectivity index (χ2n) is 8.75. The topological polar surface area (TPSA) is 126 Å². The van der Waals surface area contributed by atoms with Crippen molar-refractivity contribution in [3.63, 3.8) is 0 Å². The summed E-state index contributed by atoms with van der Waals surface area (Å²) >= 11 is 0. The zero-order valence-electron chi connectivity index (χ0n) is 19.5. The third-order valence-electron chi connectivity index (χ3n) is 6.87. The molecule has 0 aromatic heterocycles. The number of fused-ring (bicyclic) bond motifs is 4. The second-order valence-corrected chi connectivity index (χ2v) is 8.75. The van der Waals surface area contributed by atoms with Gasteiger partial charge in [-0.05, 0) is 23.3 Å². The SMILES string of the molecule is O=CNc1ccc(-c2ccc(NC=O)c3c2C(=O)c2ccccc2C3=O)c2c1C(=O)c1ccccc1C2=O. The van der Waals surface area contributed by atoms with E-state index in [1.54, 1.807) is 36.4 Å². The lowest BCUT2D eigenvalue weighted by atomic mass is 9.75. The van der Waals surface area contributed by atoms with Crippen LogP contribution in [0.25, 0.3) is 11.1 Å². The Labute approximate surface area is 215 Å². The Bertz CT molecular complexity index is 1650. The van der Waals surface area contributed by atoms with Gasteiger partial charge in [0.15, 0.2) is 23.1 Å². The van der Waals surface area contributed by atoms with Crippen molar-refractivity contribution in [2.24, 2.45) is 0 Å². The van der Waals surface area contributed by atoms with E-state index in [1.165, 1.54) is 36.4 Å². The maximum Gasteiger partial charge on any atom is 0.211 e. The molecule has 8 nitrogen and oxygen atoms in total. The minimum Gasteiger partial charge on any atom is -0.328 e. The number of ketones is 4. The van der Waals surface area contributed by atoms with Crippen LogP contribution >= 0.6 is 0 Å². The van der Waals surface area contributed by atoms with E-state index in [4.69, 9.17) is 0 Å². The molecule has 0 atom stereocenters. The summed E-state index contributed by atoms with van der Waals surface area (Å²) in [6.45, 7) is 0. The first-order valence-electron chi connectivity index (χ1n) is 11.6. The normalized spacial score (nSPS) is 13.2. The van der Waals surface area contributed by atoms with Gasteiger partial charge in [-0.1, -0.05) is 60.7 Å². The lowest BCUT2D eigenvalue weighted by molar-refractivity contribution is -0.106. The van der Waals surface area contributed by atoms with Crippen molar-refractivity contribution in [1.29, 1.82) is 0 Å². The van der Waals surface area contributed by atoms with Crippen molar-refractivity contribution in [3.05, 3.63) is 117 Å². The van der Waals surface area contributed by atoms with Gasteiger partial charge in [0.1, 0.15) is 0 Å². The van der Waals surface area contributed by atoms with Gasteiger partial charge in [0.25, 0.3) is 0 Å². The Kier molecular flexibility index (Phi) is 5.17. The summed E-state index contributed by atoms with van der Waals surface area (Å²) < 4.78 is 0. The van der Waals surface area contributed by atoms with Gasteiger partial charge in [0.2, 0.25) is 12.8 Å². The zero-order valence-corrected chi connectivity index (χ0v) is 19.5. The van der Waals surface area contributed by atoms with Crippen molar-refractivity contribution >= 4 is 47.3 Å². The number of benzene rings is 4. The molecule has 0 heterocycles. The number of hydrogen-bond acceptors (Lipinski definition) is 6. The number of hydrogen-bond donors (Lipinski definition) is 2. The predicted molar refractivity (Wildman–Crippen MR) is 138 cm³/mol. The van der Waals surface area contributed by atoms with Crippen LogP contribution in [-0.2, 0) is 9.59 Å². The van der Waals surface area contributed by atoms with Gasteiger partial charge in [0.05, 0.1) is 22.5 Å². The van der Waals surface area contributed by atoms with E-state index in [2.05, 4.69) is 10.6 Å². The molecule has 38 heavy (non-hydrogen) atoms. The Hall–Kier alpha value is -5.50. The summed E-state index contributed by atoms with van der Waals surface area (Å²) in [4.78, 5) is 77.4.